The number of esters is 1. The molecule has 0 amide bonds. The summed E-state index contributed by atoms with van der Waals surface area (Å²) in [5.41, 5.74) is 0.988. The Hall–Kier alpha value is -1.65. The molecule has 0 aromatic carbocycles. The molecule has 0 N–H and O–H groups in total. The summed E-state index contributed by atoms with van der Waals surface area (Å²) < 4.78 is 5.91. The Morgan fingerprint density at radius 2 is 2.20 bits per heavy atom. The average Bonchev–Trinajstić information content (AvgIpc) is 2.58. The minimum absolute atomic E-state index is 0.339. The van der Waals surface area contributed by atoms with Crippen molar-refractivity contribution in [3.05, 3.63) is 17.5 Å². The zero-order chi connectivity index (χ0) is 11.4. The first-order valence-corrected chi connectivity index (χ1v) is 4.75. The van der Waals surface area contributed by atoms with Gasteiger partial charge in [0.1, 0.15) is 0 Å². The average molecular weight is 210 g/mol. The normalized spacial score (nSPS) is 10.1. The van der Waals surface area contributed by atoms with E-state index in [0.717, 1.165) is 6.42 Å². The number of hydrogen-bond acceptors (Lipinski definition) is 4. The lowest BCUT2D eigenvalue weighted by atomic mass is 10.1. The molecule has 0 bridgehead atoms. The molecule has 15 heavy (non-hydrogen) atoms. The van der Waals surface area contributed by atoms with Crippen LogP contribution in [0.2, 0.25) is 0 Å². The van der Waals surface area contributed by atoms with Gasteiger partial charge >= 0.3 is 5.97 Å². The van der Waals surface area contributed by atoms with Crippen molar-refractivity contribution in [3.8, 4) is 0 Å². The Morgan fingerprint density at radius 3 is 2.73 bits per heavy atom. The summed E-state index contributed by atoms with van der Waals surface area (Å²) in [5, 5.41) is 4.13. The SMILES string of the molecule is CCCc1nn(C)cc1C(=O)C(=O)OC. The molecule has 0 atom stereocenters. The van der Waals surface area contributed by atoms with Crippen molar-refractivity contribution in [2.45, 2.75) is 19.8 Å². The Kier molecular flexibility index (Phi) is 3.60. The second-order valence-corrected chi connectivity index (χ2v) is 3.23. The quantitative estimate of drug-likeness (QED) is 0.417. The predicted octanol–water partition coefficient (Wildman–Crippen LogP) is 0.728. The van der Waals surface area contributed by atoms with Crippen molar-refractivity contribution in [2.24, 2.45) is 7.05 Å². The van der Waals surface area contributed by atoms with E-state index in [1.807, 2.05) is 6.92 Å². The van der Waals surface area contributed by atoms with E-state index in [1.54, 1.807) is 13.2 Å². The van der Waals surface area contributed by atoms with E-state index in [1.165, 1.54) is 11.8 Å². The van der Waals surface area contributed by atoms with Crippen molar-refractivity contribution in [3.63, 3.8) is 0 Å². The van der Waals surface area contributed by atoms with Gasteiger partial charge in [-0.2, -0.15) is 5.10 Å². The number of nitrogens with zero attached hydrogens (tertiary/aromatic N) is 2. The van der Waals surface area contributed by atoms with Crippen LogP contribution >= 0.6 is 0 Å². The molecule has 5 nitrogen and oxygen atoms in total. The highest BCUT2D eigenvalue weighted by molar-refractivity contribution is 6.40. The van der Waals surface area contributed by atoms with E-state index in [4.69, 9.17) is 0 Å². The summed E-state index contributed by atoms with van der Waals surface area (Å²) in [6.07, 6.45) is 3.10. The van der Waals surface area contributed by atoms with Crippen LogP contribution in [0.15, 0.2) is 6.20 Å². The molecule has 82 valence electrons. The number of hydrogen-bond donors (Lipinski definition) is 0. The van der Waals surface area contributed by atoms with Crippen LogP contribution in [-0.4, -0.2) is 28.6 Å². The summed E-state index contributed by atoms with van der Waals surface area (Å²) in [4.78, 5) is 22.6. The van der Waals surface area contributed by atoms with Gasteiger partial charge in [-0.25, -0.2) is 4.79 Å². The lowest BCUT2D eigenvalue weighted by molar-refractivity contribution is -0.135. The summed E-state index contributed by atoms with van der Waals surface area (Å²) in [6.45, 7) is 1.99. The van der Waals surface area contributed by atoms with Crippen LogP contribution < -0.4 is 0 Å². The van der Waals surface area contributed by atoms with Gasteiger partial charge < -0.3 is 4.74 Å². The summed E-state index contributed by atoms with van der Waals surface area (Å²) >= 11 is 0. The molecule has 0 radical (unpaired) electrons. The molecule has 0 aliphatic carbocycles. The number of ether oxygens (including phenoxy) is 1. The lowest BCUT2D eigenvalue weighted by Crippen LogP contribution is -2.16. The molecule has 0 saturated carbocycles. The van der Waals surface area contributed by atoms with Gasteiger partial charge in [0.25, 0.3) is 5.78 Å². The molecule has 0 spiro atoms. The van der Waals surface area contributed by atoms with E-state index in [9.17, 15) is 9.59 Å². The van der Waals surface area contributed by atoms with Gasteiger partial charge in [0.05, 0.1) is 18.4 Å². The van der Waals surface area contributed by atoms with Gasteiger partial charge in [-0.3, -0.25) is 9.48 Å². The zero-order valence-corrected chi connectivity index (χ0v) is 9.11. The highest BCUT2D eigenvalue weighted by Gasteiger charge is 2.22. The molecule has 1 aromatic heterocycles. The standard InChI is InChI=1S/C10H14N2O3/c1-4-5-8-7(6-12(2)11-8)9(13)10(14)15-3/h6H,4-5H2,1-3H3. The van der Waals surface area contributed by atoms with E-state index >= 15 is 0 Å². The Bertz CT molecular complexity index is 382. The van der Waals surface area contributed by atoms with Gasteiger partial charge in [0.2, 0.25) is 0 Å². The van der Waals surface area contributed by atoms with Crippen LogP contribution in [0.1, 0.15) is 29.4 Å². The van der Waals surface area contributed by atoms with E-state index in [-0.39, 0.29) is 0 Å². The molecular weight excluding hydrogens is 196 g/mol. The van der Waals surface area contributed by atoms with E-state index in [0.29, 0.717) is 17.7 Å². The second kappa shape index (κ2) is 4.72. The highest BCUT2D eigenvalue weighted by Crippen LogP contribution is 2.10. The fourth-order valence-electron chi connectivity index (χ4n) is 1.35. The fourth-order valence-corrected chi connectivity index (χ4v) is 1.35. The first-order chi connectivity index (χ1) is 7.10. The van der Waals surface area contributed by atoms with Crippen molar-refractivity contribution in [1.29, 1.82) is 0 Å². The number of carbonyl (C=O) groups is 2. The van der Waals surface area contributed by atoms with Crippen molar-refractivity contribution >= 4 is 11.8 Å². The smallest absolute Gasteiger partial charge is 0.379 e. The molecule has 0 saturated heterocycles. The number of ketones is 1. The van der Waals surface area contributed by atoms with E-state index < -0.39 is 11.8 Å². The summed E-state index contributed by atoms with van der Waals surface area (Å²) in [7, 11) is 2.91. The molecule has 0 fully saturated rings. The maximum atomic E-state index is 11.6. The van der Waals surface area contributed by atoms with Gasteiger partial charge in [-0.15, -0.1) is 0 Å². The zero-order valence-electron chi connectivity index (χ0n) is 9.11. The van der Waals surface area contributed by atoms with Gasteiger partial charge in [-0.05, 0) is 6.42 Å². The van der Waals surface area contributed by atoms with E-state index in [2.05, 4.69) is 9.84 Å². The number of rotatable bonds is 4. The Morgan fingerprint density at radius 1 is 1.53 bits per heavy atom. The lowest BCUT2D eigenvalue weighted by Gasteiger charge is -1.98. The molecule has 5 heteroatoms. The maximum absolute atomic E-state index is 11.6. The molecule has 1 rings (SSSR count). The highest BCUT2D eigenvalue weighted by atomic mass is 16.5. The van der Waals surface area contributed by atoms with Crippen LogP contribution in [0.25, 0.3) is 0 Å². The minimum atomic E-state index is -0.847. The topological polar surface area (TPSA) is 61.2 Å². The fraction of sp³-hybridized carbons (Fsp3) is 0.500. The first kappa shape index (κ1) is 11.4. The Labute approximate surface area is 88.0 Å². The number of methoxy groups -OCH3 is 1. The van der Waals surface area contributed by atoms with Crippen LogP contribution in [0.3, 0.4) is 0 Å². The summed E-state index contributed by atoms with van der Waals surface area (Å²) in [5.74, 6) is -1.48. The number of Topliss-reactive ketones (excluding diaryl/α,β-unsaturated/α-hetero) is 1. The molecule has 0 unspecified atom stereocenters. The van der Waals surface area contributed by atoms with Gasteiger partial charge in [-0.1, -0.05) is 13.3 Å². The molecule has 0 aliphatic heterocycles. The third-order valence-corrected chi connectivity index (χ3v) is 2.01. The number of aromatic nitrogens is 2. The largest absolute Gasteiger partial charge is 0.463 e. The third-order valence-electron chi connectivity index (χ3n) is 2.01. The van der Waals surface area contributed by atoms with Crippen molar-refractivity contribution in [1.82, 2.24) is 9.78 Å². The minimum Gasteiger partial charge on any atom is -0.463 e. The Balaban J connectivity index is 3.01. The number of aryl methyl sites for hydroxylation is 2. The summed E-state index contributed by atoms with van der Waals surface area (Å²) in [6, 6.07) is 0. The van der Waals surface area contributed by atoms with Crippen LogP contribution in [0.5, 0.6) is 0 Å². The monoisotopic (exact) mass is 210 g/mol. The number of carbonyl (C=O) groups excluding carboxylic acids is 2. The second-order valence-electron chi connectivity index (χ2n) is 3.23. The van der Waals surface area contributed by atoms with Gasteiger partial charge in [0.15, 0.2) is 0 Å². The molecule has 1 heterocycles. The third kappa shape index (κ3) is 2.43. The maximum Gasteiger partial charge on any atom is 0.379 e. The van der Waals surface area contributed by atoms with Crippen LogP contribution in [0.4, 0.5) is 0 Å². The predicted molar refractivity (Wildman–Crippen MR) is 53.5 cm³/mol. The molecule has 1 aromatic rings. The molecule has 0 aliphatic rings. The van der Waals surface area contributed by atoms with Crippen LogP contribution in [-0.2, 0) is 23.0 Å². The first-order valence-electron chi connectivity index (χ1n) is 4.75. The van der Waals surface area contributed by atoms with Gasteiger partial charge in [0, 0.05) is 13.2 Å². The van der Waals surface area contributed by atoms with Crippen molar-refractivity contribution in [2.75, 3.05) is 7.11 Å². The van der Waals surface area contributed by atoms with Crippen LogP contribution in [0, 0.1) is 0 Å². The molecular formula is C10H14N2O3. The van der Waals surface area contributed by atoms with Crippen molar-refractivity contribution < 1.29 is 14.3 Å².